The van der Waals surface area contributed by atoms with Crippen molar-refractivity contribution < 1.29 is 19.0 Å². The number of hydrogen-bond donors (Lipinski definition) is 0. The first-order valence-corrected chi connectivity index (χ1v) is 5.92. The van der Waals surface area contributed by atoms with Crippen molar-refractivity contribution in [1.29, 1.82) is 0 Å². The average Bonchev–Trinajstić information content (AvgIpc) is 2.22. The molecule has 0 spiro atoms. The summed E-state index contributed by atoms with van der Waals surface area (Å²) in [6.07, 6.45) is -0.489. The summed E-state index contributed by atoms with van der Waals surface area (Å²) >= 11 is 0. The Balaban J connectivity index is 3.74. The van der Waals surface area contributed by atoms with Crippen LogP contribution in [0.4, 0.5) is 0 Å². The van der Waals surface area contributed by atoms with Crippen LogP contribution in [0.25, 0.3) is 0 Å². The van der Waals surface area contributed by atoms with Gasteiger partial charge in [0.1, 0.15) is 6.61 Å². The van der Waals surface area contributed by atoms with Crippen LogP contribution in [0.15, 0.2) is 12.2 Å². The topological polar surface area (TPSA) is 44.8 Å². The van der Waals surface area contributed by atoms with E-state index in [0.29, 0.717) is 18.1 Å². The third kappa shape index (κ3) is 8.89. The molecule has 0 aromatic rings. The van der Waals surface area contributed by atoms with E-state index < -0.39 is 5.97 Å². The van der Waals surface area contributed by atoms with Gasteiger partial charge in [-0.2, -0.15) is 0 Å². The highest BCUT2D eigenvalue weighted by molar-refractivity contribution is 5.86. The molecule has 0 bridgehead atoms. The summed E-state index contributed by atoms with van der Waals surface area (Å²) in [7, 11) is 0. The number of esters is 1. The van der Waals surface area contributed by atoms with E-state index in [9.17, 15) is 4.79 Å². The summed E-state index contributed by atoms with van der Waals surface area (Å²) in [6, 6.07) is 0. The molecule has 100 valence electrons. The van der Waals surface area contributed by atoms with Crippen LogP contribution in [-0.2, 0) is 19.0 Å². The number of hydrogen-bond acceptors (Lipinski definition) is 4. The predicted octanol–water partition coefficient (Wildman–Crippen LogP) is 2.53. The molecule has 0 radical (unpaired) electrons. The zero-order valence-electron chi connectivity index (χ0n) is 11.5. The summed E-state index contributed by atoms with van der Waals surface area (Å²) in [4.78, 5) is 11.1. The summed E-state index contributed by atoms with van der Waals surface area (Å²) in [5, 5.41) is 0. The quantitative estimate of drug-likeness (QED) is 0.374. The van der Waals surface area contributed by atoms with E-state index in [1.54, 1.807) is 6.92 Å². The van der Waals surface area contributed by atoms with Gasteiger partial charge in [-0.3, -0.25) is 0 Å². The van der Waals surface area contributed by atoms with Gasteiger partial charge in [0.25, 0.3) is 0 Å². The Morgan fingerprint density at radius 2 is 1.76 bits per heavy atom. The third-order valence-corrected chi connectivity index (χ3v) is 1.89. The molecule has 0 aliphatic heterocycles. The first-order valence-electron chi connectivity index (χ1n) is 5.92. The van der Waals surface area contributed by atoms with Gasteiger partial charge in [-0.1, -0.05) is 20.4 Å². The van der Waals surface area contributed by atoms with E-state index in [4.69, 9.17) is 14.2 Å². The molecular weight excluding hydrogens is 220 g/mol. The van der Waals surface area contributed by atoms with Crippen LogP contribution in [0.3, 0.4) is 0 Å². The zero-order chi connectivity index (χ0) is 13.4. The highest BCUT2D eigenvalue weighted by Crippen LogP contribution is 2.04. The number of ether oxygens (including phenoxy) is 3. The molecule has 0 aliphatic rings. The lowest BCUT2D eigenvalue weighted by atomic mass is 10.2. The van der Waals surface area contributed by atoms with Crippen molar-refractivity contribution in [1.82, 2.24) is 0 Å². The fourth-order valence-electron chi connectivity index (χ4n) is 1.05. The van der Waals surface area contributed by atoms with Gasteiger partial charge in [-0.15, -0.1) is 0 Å². The van der Waals surface area contributed by atoms with Crippen molar-refractivity contribution in [3.05, 3.63) is 12.2 Å². The molecular formula is C13H24O4. The van der Waals surface area contributed by atoms with E-state index in [1.165, 1.54) is 0 Å². The monoisotopic (exact) mass is 244 g/mol. The van der Waals surface area contributed by atoms with Crippen LogP contribution >= 0.6 is 0 Å². The Bertz CT molecular complexity index is 248. The molecule has 0 aliphatic carbocycles. The van der Waals surface area contributed by atoms with E-state index in [2.05, 4.69) is 20.4 Å². The number of carbonyl (C=O) groups excluding carboxylic acids is 1. The molecule has 2 atom stereocenters. The van der Waals surface area contributed by atoms with Crippen molar-refractivity contribution in [2.24, 2.45) is 5.92 Å². The molecule has 17 heavy (non-hydrogen) atoms. The normalized spacial score (nSPS) is 14.5. The Hall–Kier alpha value is -0.870. The van der Waals surface area contributed by atoms with Gasteiger partial charge in [0, 0.05) is 5.57 Å². The third-order valence-electron chi connectivity index (χ3n) is 1.89. The van der Waals surface area contributed by atoms with Crippen LogP contribution in [-0.4, -0.2) is 31.6 Å². The van der Waals surface area contributed by atoms with E-state index >= 15 is 0 Å². The van der Waals surface area contributed by atoms with Gasteiger partial charge in [0.15, 0.2) is 6.29 Å². The van der Waals surface area contributed by atoms with Gasteiger partial charge in [0.2, 0.25) is 0 Å². The Labute approximate surface area is 104 Å². The minimum atomic E-state index is -0.392. The van der Waals surface area contributed by atoms with E-state index in [1.807, 2.05) is 13.8 Å². The Morgan fingerprint density at radius 1 is 1.18 bits per heavy atom. The number of carbonyl (C=O) groups is 1. The average molecular weight is 244 g/mol. The second kappa shape index (κ2) is 8.25. The molecule has 0 amide bonds. The van der Waals surface area contributed by atoms with Crippen molar-refractivity contribution in [3.63, 3.8) is 0 Å². The number of rotatable bonds is 8. The highest BCUT2D eigenvalue weighted by atomic mass is 16.7. The molecule has 0 saturated carbocycles. The summed E-state index contributed by atoms with van der Waals surface area (Å²) < 4.78 is 15.9. The smallest absolute Gasteiger partial charge is 0.333 e. The largest absolute Gasteiger partial charge is 0.460 e. The molecule has 0 aromatic carbocycles. The second-order valence-corrected chi connectivity index (χ2v) is 4.62. The van der Waals surface area contributed by atoms with Crippen molar-refractivity contribution in [2.75, 3.05) is 13.2 Å². The zero-order valence-corrected chi connectivity index (χ0v) is 11.5. The molecule has 0 saturated heterocycles. The fourth-order valence-corrected chi connectivity index (χ4v) is 1.05. The highest BCUT2D eigenvalue weighted by Gasteiger charge is 2.12. The van der Waals surface area contributed by atoms with Crippen LogP contribution in [0.1, 0.15) is 34.6 Å². The maximum absolute atomic E-state index is 11.1. The fraction of sp³-hybridized carbons (Fsp3) is 0.769. The van der Waals surface area contributed by atoms with Crippen LogP contribution in [0, 0.1) is 5.92 Å². The first-order chi connectivity index (χ1) is 7.82. The van der Waals surface area contributed by atoms with Gasteiger partial charge in [-0.05, 0) is 26.7 Å². The molecule has 2 unspecified atom stereocenters. The molecule has 0 fully saturated rings. The molecule has 0 rings (SSSR count). The Kier molecular flexibility index (Phi) is 7.83. The molecule has 0 aromatic heterocycles. The second-order valence-electron chi connectivity index (χ2n) is 4.62. The minimum absolute atomic E-state index is 0.194. The molecule has 4 nitrogen and oxygen atoms in total. The lowest BCUT2D eigenvalue weighted by Gasteiger charge is -2.20. The standard InChI is InChI=1S/C13H24O4/c1-9(2)7-15-12(6)17-11(5)8-16-13(14)10(3)4/h9,11-12H,3,7-8H2,1-2,4-6H3. The Morgan fingerprint density at radius 3 is 2.24 bits per heavy atom. The summed E-state index contributed by atoms with van der Waals surface area (Å²) in [6.45, 7) is 13.8. The van der Waals surface area contributed by atoms with E-state index in [0.717, 1.165) is 0 Å². The predicted molar refractivity (Wildman–Crippen MR) is 66.6 cm³/mol. The van der Waals surface area contributed by atoms with Gasteiger partial charge >= 0.3 is 5.97 Å². The lowest BCUT2D eigenvalue weighted by Crippen LogP contribution is -2.26. The molecule has 4 heteroatoms. The summed E-state index contributed by atoms with van der Waals surface area (Å²) in [5.41, 5.74) is 0.390. The van der Waals surface area contributed by atoms with Gasteiger partial charge in [-0.25, -0.2) is 4.79 Å². The minimum Gasteiger partial charge on any atom is -0.460 e. The van der Waals surface area contributed by atoms with Crippen LogP contribution in [0.2, 0.25) is 0 Å². The van der Waals surface area contributed by atoms with Gasteiger partial charge in [0.05, 0.1) is 12.7 Å². The van der Waals surface area contributed by atoms with E-state index in [-0.39, 0.29) is 19.0 Å². The van der Waals surface area contributed by atoms with Crippen molar-refractivity contribution >= 4 is 5.97 Å². The first kappa shape index (κ1) is 16.1. The van der Waals surface area contributed by atoms with Crippen LogP contribution in [0.5, 0.6) is 0 Å². The SMILES string of the molecule is C=C(C)C(=O)OCC(C)OC(C)OCC(C)C. The van der Waals surface area contributed by atoms with Crippen molar-refractivity contribution in [3.8, 4) is 0 Å². The molecule has 0 N–H and O–H groups in total. The van der Waals surface area contributed by atoms with Crippen LogP contribution < -0.4 is 0 Å². The maximum Gasteiger partial charge on any atom is 0.333 e. The molecule has 0 heterocycles. The van der Waals surface area contributed by atoms with Gasteiger partial charge < -0.3 is 14.2 Å². The maximum atomic E-state index is 11.1. The summed E-state index contributed by atoms with van der Waals surface area (Å²) in [5.74, 6) is 0.0776. The van der Waals surface area contributed by atoms with Crippen molar-refractivity contribution in [2.45, 2.75) is 47.0 Å². The lowest BCUT2D eigenvalue weighted by molar-refractivity contribution is -0.176.